The second-order valence-electron chi connectivity index (χ2n) is 5.75. The first-order chi connectivity index (χ1) is 13.5. The van der Waals surface area contributed by atoms with Gasteiger partial charge >= 0.3 is 5.97 Å². The molecule has 3 N–H and O–H groups in total. The van der Waals surface area contributed by atoms with E-state index < -0.39 is 18.0 Å². The van der Waals surface area contributed by atoms with E-state index >= 15 is 0 Å². The summed E-state index contributed by atoms with van der Waals surface area (Å²) in [7, 11) is 0. The maximum absolute atomic E-state index is 11.9. The molecule has 0 fully saturated rings. The van der Waals surface area contributed by atoms with Crippen molar-refractivity contribution in [2.24, 2.45) is 5.10 Å². The van der Waals surface area contributed by atoms with Crippen LogP contribution < -0.4 is 5.43 Å². The predicted octanol–water partition coefficient (Wildman–Crippen LogP) is 3.48. The van der Waals surface area contributed by atoms with E-state index in [1.165, 1.54) is 18.3 Å². The molecular formula is C20H15ClN2O5. The van der Waals surface area contributed by atoms with Gasteiger partial charge in [0.2, 0.25) is 0 Å². The zero-order valence-electron chi connectivity index (χ0n) is 14.4. The fraction of sp³-hybridized carbons (Fsp3) is 0.0500. The predicted molar refractivity (Wildman–Crippen MR) is 103 cm³/mol. The van der Waals surface area contributed by atoms with Crippen molar-refractivity contribution < 1.29 is 24.2 Å². The normalized spacial score (nSPS) is 12.1. The number of hydrogen-bond acceptors (Lipinski definition) is 5. The van der Waals surface area contributed by atoms with Crippen molar-refractivity contribution >= 4 is 29.7 Å². The molecule has 8 heteroatoms. The van der Waals surface area contributed by atoms with E-state index in [0.717, 1.165) is 0 Å². The van der Waals surface area contributed by atoms with Gasteiger partial charge < -0.3 is 14.6 Å². The Kier molecular flexibility index (Phi) is 5.88. The van der Waals surface area contributed by atoms with Gasteiger partial charge in [-0.3, -0.25) is 4.79 Å². The number of hydrogen-bond donors (Lipinski definition) is 3. The number of carboxylic acid groups (broad SMARTS) is 1. The summed E-state index contributed by atoms with van der Waals surface area (Å²) in [6.07, 6.45) is -0.0679. The van der Waals surface area contributed by atoms with E-state index in [1.54, 1.807) is 48.5 Å². The molecule has 0 spiro atoms. The van der Waals surface area contributed by atoms with Crippen molar-refractivity contribution in [1.82, 2.24) is 5.43 Å². The molecule has 2 aromatic carbocycles. The zero-order chi connectivity index (χ0) is 20.1. The number of nitrogens with zero attached hydrogens (tertiary/aromatic N) is 1. The number of furan rings is 1. The largest absolute Gasteiger partial charge is 0.478 e. The SMILES string of the molecule is O=C(O)c1cc(-c2ccc(/C=N\NC(=O)[C@@H](O)c3ccccc3)o2)ccc1Cl. The second-order valence-corrected chi connectivity index (χ2v) is 6.16. The molecule has 0 aliphatic carbocycles. The van der Waals surface area contributed by atoms with Crippen LogP contribution >= 0.6 is 11.6 Å². The molecule has 3 rings (SSSR count). The topological polar surface area (TPSA) is 112 Å². The summed E-state index contributed by atoms with van der Waals surface area (Å²) in [5.41, 5.74) is 3.18. The Morgan fingerprint density at radius 3 is 2.57 bits per heavy atom. The first-order valence-electron chi connectivity index (χ1n) is 8.14. The first-order valence-corrected chi connectivity index (χ1v) is 8.52. The minimum absolute atomic E-state index is 0.0343. The number of hydrazone groups is 1. The van der Waals surface area contributed by atoms with Gasteiger partial charge in [-0.05, 0) is 35.9 Å². The Bertz CT molecular complexity index is 1030. The van der Waals surface area contributed by atoms with Crippen molar-refractivity contribution in [2.45, 2.75) is 6.10 Å². The number of rotatable bonds is 6. The lowest BCUT2D eigenvalue weighted by Gasteiger charge is -2.08. The molecule has 0 aliphatic rings. The molecule has 7 nitrogen and oxygen atoms in total. The van der Waals surface area contributed by atoms with Crippen LogP contribution in [-0.2, 0) is 4.79 Å². The standard InChI is InChI=1S/C20H15ClN2O5/c21-16-8-6-13(10-15(16)20(26)27)17-9-7-14(28-17)11-22-23-19(25)18(24)12-4-2-1-3-5-12/h1-11,18,24H,(H,23,25)(H,26,27)/b22-11-/t18-/m0/s1. The van der Waals surface area contributed by atoms with Crippen LogP contribution in [0.2, 0.25) is 5.02 Å². The molecule has 1 aromatic heterocycles. The monoisotopic (exact) mass is 398 g/mol. The first kappa shape index (κ1) is 19.3. The summed E-state index contributed by atoms with van der Waals surface area (Å²) >= 11 is 5.86. The second kappa shape index (κ2) is 8.51. The number of benzene rings is 2. The fourth-order valence-corrected chi connectivity index (χ4v) is 2.63. The van der Waals surface area contributed by atoms with Crippen LogP contribution in [0.25, 0.3) is 11.3 Å². The molecule has 0 saturated carbocycles. The maximum Gasteiger partial charge on any atom is 0.337 e. The highest BCUT2D eigenvalue weighted by Gasteiger charge is 2.16. The van der Waals surface area contributed by atoms with Crippen LogP contribution in [0.1, 0.15) is 27.8 Å². The quantitative estimate of drug-likeness (QED) is 0.434. The van der Waals surface area contributed by atoms with E-state index in [-0.39, 0.29) is 10.6 Å². The van der Waals surface area contributed by atoms with Crippen molar-refractivity contribution in [3.05, 3.63) is 82.6 Å². The molecule has 3 aromatic rings. The third-order valence-electron chi connectivity index (χ3n) is 3.84. The van der Waals surface area contributed by atoms with E-state index in [0.29, 0.717) is 22.6 Å². The molecule has 0 aliphatic heterocycles. The van der Waals surface area contributed by atoms with E-state index in [2.05, 4.69) is 10.5 Å². The average molecular weight is 399 g/mol. The highest BCUT2D eigenvalue weighted by atomic mass is 35.5. The smallest absolute Gasteiger partial charge is 0.337 e. The summed E-state index contributed by atoms with van der Waals surface area (Å²) in [5, 5.41) is 23.0. The van der Waals surface area contributed by atoms with E-state index in [4.69, 9.17) is 21.1 Å². The Morgan fingerprint density at radius 1 is 1.11 bits per heavy atom. The number of aliphatic hydroxyl groups is 1. The van der Waals surface area contributed by atoms with Gasteiger partial charge in [-0.2, -0.15) is 5.10 Å². The minimum atomic E-state index is -1.34. The molecule has 0 radical (unpaired) electrons. The lowest BCUT2D eigenvalue weighted by Crippen LogP contribution is -2.25. The summed E-state index contributed by atoms with van der Waals surface area (Å²) in [6, 6.07) is 16.2. The van der Waals surface area contributed by atoms with Gasteiger partial charge in [-0.15, -0.1) is 0 Å². The molecule has 0 saturated heterocycles. The number of aromatic carboxylic acids is 1. The van der Waals surface area contributed by atoms with Gasteiger partial charge in [0.25, 0.3) is 5.91 Å². The number of nitrogens with one attached hydrogen (secondary N) is 1. The van der Waals surface area contributed by atoms with E-state index in [9.17, 15) is 14.7 Å². The van der Waals surface area contributed by atoms with Gasteiger partial charge in [0.1, 0.15) is 11.5 Å². The minimum Gasteiger partial charge on any atom is -0.478 e. The Labute approximate surface area is 164 Å². The molecule has 0 bridgehead atoms. The number of halogens is 1. The van der Waals surface area contributed by atoms with Crippen LogP contribution in [0.5, 0.6) is 0 Å². The van der Waals surface area contributed by atoms with Crippen molar-refractivity contribution in [2.75, 3.05) is 0 Å². The fourth-order valence-electron chi connectivity index (χ4n) is 2.43. The van der Waals surface area contributed by atoms with Crippen LogP contribution in [0.3, 0.4) is 0 Å². The third-order valence-corrected chi connectivity index (χ3v) is 4.17. The van der Waals surface area contributed by atoms with Gasteiger partial charge in [0, 0.05) is 5.56 Å². The van der Waals surface area contributed by atoms with Crippen LogP contribution in [0.4, 0.5) is 0 Å². The zero-order valence-corrected chi connectivity index (χ0v) is 15.1. The van der Waals surface area contributed by atoms with Gasteiger partial charge in [0.05, 0.1) is 16.8 Å². The molecule has 28 heavy (non-hydrogen) atoms. The van der Waals surface area contributed by atoms with Crippen molar-refractivity contribution in [3.63, 3.8) is 0 Å². The third kappa shape index (κ3) is 4.46. The molecule has 0 unspecified atom stereocenters. The van der Waals surface area contributed by atoms with Crippen molar-refractivity contribution in [1.29, 1.82) is 0 Å². The summed E-state index contributed by atoms with van der Waals surface area (Å²) in [4.78, 5) is 23.1. The Balaban J connectivity index is 1.67. The Hall–Kier alpha value is -3.42. The van der Waals surface area contributed by atoms with E-state index in [1.807, 2.05) is 0 Å². The number of carboxylic acids is 1. The highest BCUT2D eigenvalue weighted by molar-refractivity contribution is 6.33. The van der Waals surface area contributed by atoms with Crippen LogP contribution in [0, 0.1) is 0 Å². The highest BCUT2D eigenvalue weighted by Crippen LogP contribution is 2.26. The average Bonchev–Trinajstić information content (AvgIpc) is 3.17. The Morgan fingerprint density at radius 2 is 1.86 bits per heavy atom. The van der Waals surface area contributed by atoms with Gasteiger partial charge in [-0.25, -0.2) is 10.2 Å². The van der Waals surface area contributed by atoms with Crippen LogP contribution in [0.15, 0.2) is 70.2 Å². The van der Waals surface area contributed by atoms with Gasteiger partial charge in [-0.1, -0.05) is 41.9 Å². The molecule has 1 heterocycles. The molecule has 1 amide bonds. The summed E-state index contributed by atoms with van der Waals surface area (Å²) < 4.78 is 5.57. The number of amides is 1. The van der Waals surface area contributed by atoms with Gasteiger partial charge in [0.15, 0.2) is 6.10 Å². The number of carbonyl (C=O) groups excluding carboxylic acids is 1. The summed E-state index contributed by atoms with van der Waals surface area (Å²) in [6.45, 7) is 0. The van der Waals surface area contributed by atoms with Crippen molar-refractivity contribution in [3.8, 4) is 11.3 Å². The van der Waals surface area contributed by atoms with Crippen LogP contribution in [-0.4, -0.2) is 28.3 Å². The summed E-state index contributed by atoms with van der Waals surface area (Å²) in [5.74, 6) is -1.08. The number of carbonyl (C=O) groups is 2. The lowest BCUT2D eigenvalue weighted by atomic mass is 10.1. The molecule has 1 atom stereocenters. The lowest BCUT2D eigenvalue weighted by molar-refractivity contribution is -0.129. The molecule has 142 valence electrons. The molecular weight excluding hydrogens is 384 g/mol. The number of aliphatic hydroxyl groups excluding tert-OH is 1. The maximum atomic E-state index is 11.9.